The lowest BCUT2D eigenvalue weighted by Gasteiger charge is -2.10. The molecule has 18 heavy (non-hydrogen) atoms. The van der Waals surface area contributed by atoms with Crippen molar-refractivity contribution in [3.05, 3.63) is 24.3 Å². The summed E-state index contributed by atoms with van der Waals surface area (Å²) in [5, 5.41) is 0. The molecule has 0 bridgehead atoms. The van der Waals surface area contributed by atoms with Crippen molar-refractivity contribution in [1.29, 1.82) is 0 Å². The Morgan fingerprint density at radius 2 is 1.89 bits per heavy atom. The van der Waals surface area contributed by atoms with Crippen molar-refractivity contribution in [3.63, 3.8) is 0 Å². The quantitative estimate of drug-likeness (QED) is 0.739. The number of ether oxygens (including phenoxy) is 1. The lowest BCUT2D eigenvalue weighted by molar-refractivity contribution is 0.402. The van der Waals surface area contributed by atoms with Crippen LogP contribution >= 0.6 is 0 Å². The normalized spacial score (nSPS) is 11.4. The fourth-order valence-electron chi connectivity index (χ4n) is 1.68. The summed E-state index contributed by atoms with van der Waals surface area (Å²) in [6.45, 7) is 2.60. The van der Waals surface area contributed by atoms with E-state index in [-0.39, 0.29) is 4.90 Å². The van der Waals surface area contributed by atoms with Gasteiger partial charge in [0.15, 0.2) is 0 Å². The van der Waals surface area contributed by atoms with Crippen LogP contribution in [0.2, 0.25) is 0 Å². The van der Waals surface area contributed by atoms with Crippen molar-refractivity contribution in [1.82, 2.24) is 4.72 Å². The number of hydrogen-bond acceptors (Lipinski definition) is 3. The average Bonchev–Trinajstić information content (AvgIpc) is 2.38. The van der Waals surface area contributed by atoms with Crippen LogP contribution in [0.25, 0.3) is 0 Å². The Balaban J connectivity index is 2.63. The Kier molecular flexibility index (Phi) is 6.15. The number of rotatable bonds is 8. The van der Waals surface area contributed by atoms with Gasteiger partial charge in [-0.2, -0.15) is 0 Å². The molecule has 0 amide bonds. The van der Waals surface area contributed by atoms with Crippen LogP contribution in [0.4, 0.5) is 0 Å². The summed E-state index contributed by atoms with van der Waals surface area (Å²) in [4.78, 5) is 0.197. The molecule has 0 heterocycles. The minimum Gasteiger partial charge on any atom is -0.495 e. The molecule has 102 valence electrons. The summed E-state index contributed by atoms with van der Waals surface area (Å²) in [7, 11) is -2.00. The van der Waals surface area contributed by atoms with Gasteiger partial charge in [-0.15, -0.1) is 0 Å². The third-order valence-electron chi connectivity index (χ3n) is 2.68. The lowest BCUT2D eigenvalue weighted by atomic mass is 10.2. The molecule has 0 radical (unpaired) electrons. The van der Waals surface area contributed by atoms with Gasteiger partial charge in [-0.25, -0.2) is 13.1 Å². The minimum atomic E-state index is -3.47. The van der Waals surface area contributed by atoms with Gasteiger partial charge in [0.25, 0.3) is 0 Å². The first-order valence-electron chi connectivity index (χ1n) is 6.24. The molecule has 0 aromatic heterocycles. The van der Waals surface area contributed by atoms with Crippen molar-refractivity contribution in [2.75, 3.05) is 13.7 Å². The van der Waals surface area contributed by atoms with E-state index >= 15 is 0 Å². The third-order valence-corrected chi connectivity index (χ3v) is 4.18. The molecule has 5 heteroatoms. The SMILES string of the molecule is CCCCCCNS(=O)(=O)c1ccccc1OC. The Morgan fingerprint density at radius 3 is 2.56 bits per heavy atom. The summed E-state index contributed by atoms with van der Waals surface area (Å²) in [6, 6.07) is 6.63. The molecule has 0 unspecified atom stereocenters. The van der Waals surface area contributed by atoms with Crippen LogP contribution in [0.1, 0.15) is 32.6 Å². The molecule has 0 aliphatic heterocycles. The molecular formula is C13H21NO3S. The smallest absolute Gasteiger partial charge is 0.244 e. The lowest BCUT2D eigenvalue weighted by Crippen LogP contribution is -2.25. The van der Waals surface area contributed by atoms with Crippen molar-refractivity contribution in [2.24, 2.45) is 0 Å². The molecular weight excluding hydrogens is 250 g/mol. The summed E-state index contributed by atoms with van der Waals surface area (Å²) in [5.41, 5.74) is 0. The van der Waals surface area contributed by atoms with Crippen LogP contribution in [0.3, 0.4) is 0 Å². The van der Waals surface area contributed by atoms with E-state index in [0.29, 0.717) is 12.3 Å². The zero-order chi connectivity index (χ0) is 13.4. The van der Waals surface area contributed by atoms with Gasteiger partial charge in [-0.1, -0.05) is 38.3 Å². The molecule has 0 aliphatic carbocycles. The minimum absolute atomic E-state index is 0.197. The van der Waals surface area contributed by atoms with Crippen molar-refractivity contribution in [2.45, 2.75) is 37.5 Å². The van der Waals surface area contributed by atoms with E-state index in [1.54, 1.807) is 24.3 Å². The van der Waals surface area contributed by atoms with Crippen molar-refractivity contribution >= 4 is 10.0 Å². The number of benzene rings is 1. The van der Waals surface area contributed by atoms with Crippen LogP contribution in [-0.2, 0) is 10.0 Å². The summed E-state index contributed by atoms with van der Waals surface area (Å²) in [6.07, 6.45) is 4.18. The van der Waals surface area contributed by atoms with E-state index in [4.69, 9.17) is 4.74 Å². The fraction of sp³-hybridized carbons (Fsp3) is 0.538. The van der Waals surface area contributed by atoms with E-state index in [1.165, 1.54) is 7.11 Å². The predicted molar refractivity (Wildman–Crippen MR) is 72.3 cm³/mol. The van der Waals surface area contributed by atoms with Crippen LogP contribution in [0, 0.1) is 0 Å². The highest BCUT2D eigenvalue weighted by atomic mass is 32.2. The Bertz CT molecular complexity index is 457. The standard InChI is InChI=1S/C13H21NO3S/c1-3-4-5-8-11-14-18(15,16)13-10-7-6-9-12(13)17-2/h6-7,9-10,14H,3-5,8,11H2,1-2H3. The maximum Gasteiger partial charge on any atom is 0.244 e. The van der Waals surface area contributed by atoms with E-state index in [2.05, 4.69) is 11.6 Å². The van der Waals surface area contributed by atoms with Crippen LogP contribution in [0.15, 0.2) is 29.2 Å². The molecule has 1 aromatic carbocycles. The molecule has 1 N–H and O–H groups in total. The number of para-hydroxylation sites is 1. The zero-order valence-corrected chi connectivity index (χ0v) is 11.8. The topological polar surface area (TPSA) is 55.4 Å². The van der Waals surface area contributed by atoms with Gasteiger partial charge in [0.2, 0.25) is 10.0 Å². The second-order valence-corrected chi connectivity index (χ2v) is 5.84. The van der Waals surface area contributed by atoms with Gasteiger partial charge in [-0.3, -0.25) is 0 Å². The maximum atomic E-state index is 12.1. The van der Waals surface area contributed by atoms with Crippen molar-refractivity contribution < 1.29 is 13.2 Å². The van der Waals surface area contributed by atoms with Gasteiger partial charge in [-0.05, 0) is 18.6 Å². The van der Waals surface area contributed by atoms with E-state index in [0.717, 1.165) is 25.7 Å². The van der Waals surface area contributed by atoms with Gasteiger partial charge >= 0.3 is 0 Å². The monoisotopic (exact) mass is 271 g/mol. The van der Waals surface area contributed by atoms with E-state index in [1.807, 2.05) is 0 Å². The first-order valence-corrected chi connectivity index (χ1v) is 7.73. The summed E-state index contributed by atoms with van der Waals surface area (Å²) >= 11 is 0. The molecule has 0 spiro atoms. The molecule has 0 atom stereocenters. The van der Waals surface area contributed by atoms with Crippen LogP contribution in [-0.4, -0.2) is 22.1 Å². The molecule has 4 nitrogen and oxygen atoms in total. The molecule has 1 rings (SSSR count). The first kappa shape index (κ1) is 15.0. The molecule has 0 fully saturated rings. The first-order chi connectivity index (χ1) is 8.61. The number of hydrogen-bond donors (Lipinski definition) is 1. The number of unbranched alkanes of at least 4 members (excludes halogenated alkanes) is 3. The Hall–Kier alpha value is -1.07. The largest absolute Gasteiger partial charge is 0.495 e. The maximum absolute atomic E-state index is 12.1. The van der Waals surface area contributed by atoms with Crippen LogP contribution < -0.4 is 9.46 Å². The third kappa shape index (κ3) is 4.31. The molecule has 0 saturated carbocycles. The zero-order valence-electron chi connectivity index (χ0n) is 11.0. The van der Waals surface area contributed by atoms with Gasteiger partial charge in [0, 0.05) is 6.54 Å². The number of nitrogens with one attached hydrogen (secondary N) is 1. The Morgan fingerprint density at radius 1 is 1.17 bits per heavy atom. The number of sulfonamides is 1. The summed E-state index contributed by atoms with van der Waals surface area (Å²) in [5.74, 6) is 0.374. The van der Waals surface area contributed by atoms with Gasteiger partial charge < -0.3 is 4.74 Å². The van der Waals surface area contributed by atoms with Gasteiger partial charge in [0.1, 0.15) is 10.6 Å². The highest BCUT2D eigenvalue weighted by Crippen LogP contribution is 2.22. The molecule has 0 saturated heterocycles. The second-order valence-electron chi connectivity index (χ2n) is 4.11. The van der Waals surface area contributed by atoms with Crippen molar-refractivity contribution in [3.8, 4) is 5.75 Å². The number of methoxy groups -OCH3 is 1. The molecule has 1 aromatic rings. The second kappa shape index (κ2) is 7.38. The van der Waals surface area contributed by atoms with Gasteiger partial charge in [0.05, 0.1) is 7.11 Å². The van der Waals surface area contributed by atoms with E-state index in [9.17, 15) is 8.42 Å². The van der Waals surface area contributed by atoms with E-state index < -0.39 is 10.0 Å². The molecule has 0 aliphatic rings. The Labute approximate surface area is 109 Å². The summed E-state index contributed by atoms with van der Waals surface area (Å²) < 4.78 is 31.8. The van der Waals surface area contributed by atoms with Crippen LogP contribution in [0.5, 0.6) is 5.75 Å². The highest BCUT2D eigenvalue weighted by molar-refractivity contribution is 7.89. The highest BCUT2D eigenvalue weighted by Gasteiger charge is 2.17. The predicted octanol–water partition coefficient (Wildman–Crippen LogP) is 2.55. The average molecular weight is 271 g/mol. The fourth-order valence-corrected chi connectivity index (χ4v) is 2.92.